The Bertz CT molecular complexity index is 1300. The maximum atomic E-state index is 13.5. The third-order valence-corrected chi connectivity index (χ3v) is 8.02. The molecule has 2 aromatic carbocycles. The molecular formula is C26H36N6O6S. The van der Waals surface area contributed by atoms with Gasteiger partial charge in [-0.1, -0.05) is 30.3 Å². The average molecular weight is 561 g/mol. The smallest absolute Gasteiger partial charge is 0.303 e. The number of guanidine groups is 1. The zero-order valence-corrected chi connectivity index (χ0v) is 22.6. The Morgan fingerprint density at radius 1 is 0.923 bits per heavy atom. The van der Waals surface area contributed by atoms with Gasteiger partial charge in [0.2, 0.25) is 21.8 Å². The van der Waals surface area contributed by atoms with Gasteiger partial charge in [-0.3, -0.25) is 19.4 Å². The van der Waals surface area contributed by atoms with Gasteiger partial charge >= 0.3 is 5.97 Å². The van der Waals surface area contributed by atoms with E-state index in [9.17, 15) is 22.8 Å². The standard InChI is InChI=1S/C26H36N6O6S/c27-26(28)29-13-5-8-22(30-39(37,38)21-12-11-19-6-1-2-7-20(19)18-21)25(36)32-16-14-31(15-17-32)23(33)9-3-4-10-24(34)35/h1-2,6-7,11-12,18,22,30H,3-5,8-10,13-17H2,(H,34,35)(H4,27,28,29). The molecule has 0 bridgehead atoms. The number of hydrogen-bond acceptors (Lipinski definition) is 6. The van der Waals surface area contributed by atoms with E-state index in [-0.39, 0.29) is 61.6 Å². The van der Waals surface area contributed by atoms with Crippen molar-refractivity contribution < 1.29 is 27.9 Å². The molecule has 1 fully saturated rings. The Balaban J connectivity index is 1.65. The molecular weight excluding hydrogens is 524 g/mol. The van der Waals surface area contributed by atoms with Crippen LogP contribution in [-0.4, -0.2) is 85.8 Å². The first-order valence-electron chi connectivity index (χ1n) is 12.9. The molecule has 39 heavy (non-hydrogen) atoms. The number of carboxylic acid groups (broad SMARTS) is 1. The van der Waals surface area contributed by atoms with Crippen molar-refractivity contribution in [3.8, 4) is 0 Å². The Morgan fingerprint density at radius 3 is 2.23 bits per heavy atom. The molecule has 1 aliphatic heterocycles. The highest BCUT2D eigenvalue weighted by molar-refractivity contribution is 7.89. The lowest BCUT2D eigenvalue weighted by atomic mass is 10.1. The summed E-state index contributed by atoms with van der Waals surface area (Å²) in [7, 11) is -4.02. The van der Waals surface area contributed by atoms with Gasteiger partial charge in [0.1, 0.15) is 6.04 Å². The van der Waals surface area contributed by atoms with Crippen LogP contribution >= 0.6 is 0 Å². The first-order valence-corrected chi connectivity index (χ1v) is 14.4. The molecule has 0 aromatic heterocycles. The number of nitrogens with zero attached hydrogens (tertiary/aromatic N) is 3. The van der Waals surface area contributed by atoms with Crippen LogP contribution in [0, 0.1) is 0 Å². The second-order valence-electron chi connectivity index (χ2n) is 9.44. The number of carbonyl (C=O) groups excluding carboxylic acids is 2. The number of carbonyl (C=O) groups is 3. The lowest BCUT2D eigenvalue weighted by Gasteiger charge is -2.36. The van der Waals surface area contributed by atoms with E-state index in [1.807, 2.05) is 24.3 Å². The summed E-state index contributed by atoms with van der Waals surface area (Å²) in [6.07, 6.45) is 1.75. The Morgan fingerprint density at radius 2 is 1.56 bits per heavy atom. The number of nitrogens with one attached hydrogen (secondary N) is 1. The molecule has 2 aromatic rings. The number of sulfonamides is 1. The van der Waals surface area contributed by atoms with E-state index in [1.54, 1.807) is 21.9 Å². The second kappa shape index (κ2) is 13.9. The van der Waals surface area contributed by atoms with E-state index < -0.39 is 22.0 Å². The summed E-state index contributed by atoms with van der Waals surface area (Å²) >= 11 is 0. The second-order valence-corrected chi connectivity index (χ2v) is 11.2. The third kappa shape index (κ3) is 8.93. The molecule has 1 saturated heterocycles. The Hall–Kier alpha value is -3.71. The van der Waals surface area contributed by atoms with E-state index in [2.05, 4.69) is 9.71 Å². The largest absolute Gasteiger partial charge is 0.481 e. The average Bonchev–Trinajstić information content (AvgIpc) is 2.91. The number of fused-ring (bicyclic) bond motifs is 1. The monoisotopic (exact) mass is 560 g/mol. The van der Waals surface area contributed by atoms with Gasteiger partial charge in [0.25, 0.3) is 0 Å². The van der Waals surface area contributed by atoms with Gasteiger partial charge in [-0.15, -0.1) is 0 Å². The number of rotatable bonds is 13. The van der Waals surface area contributed by atoms with Crippen molar-refractivity contribution in [2.75, 3.05) is 32.7 Å². The van der Waals surface area contributed by atoms with Crippen LogP contribution in [0.2, 0.25) is 0 Å². The van der Waals surface area contributed by atoms with E-state index in [1.165, 1.54) is 6.07 Å². The third-order valence-electron chi connectivity index (χ3n) is 6.55. The van der Waals surface area contributed by atoms with E-state index in [0.29, 0.717) is 32.4 Å². The highest BCUT2D eigenvalue weighted by Gasteiger charge is 2.31. The van der Waals surface area contributed by atoms with Crippen molar-refractivity contribution in [1.82, 2.24) is 14.5 Å². The van der Waals surface area contributed by atoms with Crippen molar-refractivity contribution in [3.05, 3.63) is 42.5 Å². The zero-order valence-electron chi connectivity index (χ0n) is 21.8. The minimum atomic E-state index is -4.02. The molecule has 1 heterocycles. The van der Waals surface area contributed by atoms with E-state index >= 15 is 0 Å². The maximum Gasteiger partial charge on any atom is 0.303 e. The van der Waals surface area contributed by atoms with Crippen molar-refractivity contribution in [2.45, 2.75) is 49.5 Å². The maximum absolute atomic E-state index is 13.5. The fourth-order valence-electron chi connectivity index (χ4n) is 4.43. The number of nitrogens with two attached hydrogens (primary N) is 2. The summed E-state index contributed by atoms with van der Waals surface area (Å²) in [6, 6.07) is 11.2. The molecule has 0 saturated carbocycles. The highest BCUT2D eigenvalue weighted by Crippen LogP contribution is 2.20. The fourth-order valence-corrected chi connectivity index (χ4v) is 5.69. The molecule has 12 nitrogen and oxygen atoms in total. The summed E-state index contributed by atoms with van der Waals surface area (Å²) in [6.45, 7) is 1.42. The summed E-state index contributed by atoms with van der Waals surface area (Å²) in [5.74, 6) is -1.44. The van der Waals surface area contributed by atoms with E-state index in [4.69, 9.17) is 16.6 Å². The van der Waals surface area contributed by atoms with Gasteiger partial charge in [0, 0.05) is 45.6 Å². The molecule has 13 heteroatoms. The molecule has 0 aliphatic carbocycles. The molecule has 0 spiro atoms. The molecule has 212 valence electrons. The van der Waals surface area contributed by atoms with Crippen LogP contribution in [-0.2, 0) is 24.4 Å². The van der Waals surface area contributed by atoms with Gasteiger partial charge < -0.3 is 26.4 Å². The quantitative estimate of drug-likeness (QED) is 0.158. The lowest BCUT2D eigenvalue weighted by Crippen LogP contribution is -2.55. The number of amides is 2. The molecule has 2 amide bonds. The number of piperazine rings is 1. The number of aliphatic imine (C=N–C) groups is 1. The minimum absolute atomic E-state index is 0.0231. The van der Waals surface area contributed by atoms with Gasteiger partial charge in [0.05, 0.1) is 4.90 Å². The molecule has 6 N–H and O–H groups in total. The summed E-state index contributed by atoms with van der Waals surface area (Å²) in [5.41, 5.74) is 10.8. The first-order chi connectivity index (χ1) is 18.6. The van der Waals surface area contributed by atoms with Crippen molar-refractivity contribution in [2.24, 2.45) is 16.5 Å². The van der Waals surface area contributed by atoms with E-state index in [0.717, 1.165) is 10.8 Å². The molecule has 3 rings (SSSR count). The highest BCUT2D eigenvalue weighted by atomic mass is 32.2. The van der Waals surface area contributed by atoms with Crippen molar-refractivity contribution >= 4 is 44.5 Å². The van der Waals surface area contributed by atoms with Crippen LogP contribution in [0.3, 0.4) is 0 Å². The van der Waals surface area contributed by atoms with Crippen LogP contribution in [0.15, 0.2) is 52.4 Å². The first kappa shape index (κ1) is 29.8. The predicted molar refractivity (Wildman–Crippen MR) is 147 cm³/mol. The number of aliphatic carboxylic acids is 1. The van der Waals surface area contributed by atoms with Crippen molar-refractivity contribution in [3.63, 3.8) is 0 Å². The van der Waals surface area contributed by atoms with Gasteiger partial charge in [-0.25, -0.2) is 8.42 Å². The number of hydrogen-bond donors (Lipinski definition) is 4. The number of unbranched alkanes of at least 4 members (excludes halogenated alkanes) is 1. The SMILES string of the molecule is NC(N)=NCCCC(NS(=O)(=O)c1ccc2ccccc2c1)C(=O)N1CCN(C(=O)CCCCC(=O)O)CC1. The molecule has 0 radical (unpaired) electrons. The van der Waals surface area contributed by atoms with Crippen LogP contribution in [0.5, 0.6) is 0 Å². The van der Waals surface area contributed by atoms with Gasteiger partial charge in [-0.05, 0) is 48.6 Å². The normalized spacial score (nSPS) is 14.7. The summed E-state index contributed by atoms with van der Waals surface area (Å²) < 4.78 is 29.1. The van der Waals surface area contributed by atoms with Gasteiger partial charge in [-0.2, -0.15) is 4.72 Å². The van der Waals surface area contributed by atoms with Gasteiger partial charge in [0.15, 0.2) is 5.96 Å². The molecule has 1 aliphatic rings. The molecule has 1 unspecified atom stereocenters. The zero-order chi connectivity index (χ0) is 28.4. The van der Waals surface area contributed by atoms with Crippen molar-refractivity contribution in [1.29, 1.82) is 0 Å². The fraction of sp³-hybridized carbons (Fsp3) is 0.462. The Kier molecular flexibility index (Phi) is 10.6. The Labute approximate surface area is 228 Å². The topological polar surface area (TPSA) is 188 Å². The predicted octanol–water partition coefficient (Wildman–Crippen LogP) is 0.856. The van der Waals surface area contributed by atoms with Crippen LogP contribution in [0.4, 0.5) is 0 Å². The number of carboxylic acids is 1. The van der Waals surface area contributed by atoms with Crippen LogP contribution in [0.1, 0.15) is 38.5 Å². The van der Waals surface area contributed by atoms with Crippen LogP contribution < -0.4 is 16.2 Å². The van der Waals surface area contributed by atoms with Crippen LogP contribution in [0.25, 0.3) is 10.8 Å². The minimum Gasteiger partial charge on any atom is -0.481 e. The lowest BCUT2D eigenvalue weighted by molar-refractivity contribution is -0.140. The molecule has 1 atom stereocenters. The number of benzene rings is 2. The summed E-state index contributed by atoms with van der Waals surface area (Å²) in [4.78, 5) is 43.7. The summed E-state index contributed by atoms with van der Waals surface area (Å²) in [5, 5.41) is 10.4.